The molecule has 2 amide bonds. The number of benzene rings is 2. The number of nitro groups is 1. The predicted molar refractivity (Wildman–Crippen MR) is 113 cm³/mol. The molecule has 31 heavy (non-hydrogen) atoms. The molecule has 1 fully saturated rings. The van der Waals surface area contributed by atoms with Gasteiger partial charge in [-0.3, -0.25) is 24.6 Å². The summed E-state index contributed by atoms with van der Waals surface area (Å²) in [4.78, 5) is 36.7. The van der Waals surface area contributed by atoms with E-state index < -0.39 is 16.1 Å². The summed E-state index contributed by atoms with van der Waals surface area (Å²) in [5.41, 5.74) is 1.62. The lowest BCUT2D eigenvalue weighted by Crippen LogP contribution is -2.27. The number of carbonyl (C=O) groups is 2. The number of nitrogens with zero attached hydrogens (tertiary/aromatic N) is 3. The third kappa shape index (κ3) is 4.10. The van der Waals surface area contributed by atoms with Crippen LogP contribution in [-0.2, 0) is 11.3 Å². The average Bonchev–Trinajstić information content (AvgIpc) is 3.34. The molecule has 1 aliphatic heterocycles. The van der Waals surface area contributed by atoms with Crippen LogP contribution in [0.5, 0.6) is 0 Å². The summed E-state index contributed by atoms with van der Waals surface area (Å²) in [6, 6.07) is 18.1. The molecule has 0 spiro atoms. The number of hydrogen-bond acceptors (Lipinski definition) is 7. The molecule has 152 valence electrons. The van der Waals surface area contributed by atoms with Crippen LogP contribution in [0.2, 0.25) is 0 Å². The van der Waals surface area contributed by atoms with Crippen LogP contribution in [0.3, 0.4) is 0 Å². The summed E-state index contributed by atoms with van der Waals surface area (Å²) < 4.78 is 5.72. The Hall–Kier alpha value is -4.16. The molecule has 0 N–H and O–H groups in total. The van der Waals surface area contributed by atoms with E-state index in [2.05, 4.69) is 6.07 Å². The number of carbonyl (C=O) groups excluding carboxylic acids is 2. The van der Waals surface area contributed by atoms with E-state index in [1.165, 1.54) is 18.2 Å². The van der Waals surface area contributed by atoms with E-state index in [0.29, 0.717) is 28.2 Å². The van der Waals surface area contributed by atoms with Gasteiger partial charge in [0.15, 0.2) is 0 Å². The van der Waals surface area contributed by atoms with Crippen LogP contribution in [0.15, 0.2) is 70.0 Å². The average molecular weight is 431 g/mol. The van der Waals surface area contributed by atoms with Gasteiger partial charge < -0.3 is 4.42 Å². The molecule has 2 heterocycles. The lowest BCUT2D eigenvalue weighted by Gasteiger charge is -2.13. The van der Waals surface area contributed by atoms with Crippen molar-refractivity contribution in [3.63, 3.8) is 0 Å². The monoisotopic (exact) mass is 431 g/mol. The molecule has 2 aromatic carbocycles. The molecule has 4 rings (SSSR count). The number of rotatable bonds is 5. The lowest BCUT2D eigenvalue weighted by atomic mass is 10.1. The molecule has 0 atom stereocenters. The molecule has 0 saturated carbocycles. The molecule has 0 radical (unpaired) electrons. The summed E-state index contributed by atoms with van der Waals surface area (Å²) in [5, 5.41) is 19.6. The Morgan fingerprint density at radius 3 is 2.55 bits per heavy atom. The van der Waals surface area contributed by atoms with E-state index in [0.717, 1.165) is 16.7 Å². The third-order valence-electron chi connectivity index (χ3n) is 4.60. The van der Waals surface area contributed by atoms with Crippen molar-refractivity contribution < 1.29 is 18.9 Å². The van der Waals surface area contributed by atoms with Crippen molar-refractivity contribution in [3.05, 3.63) is 92.6 Å². The first-order valence-electron chi connectivity index (χ1n) is 9.04. The second-order valence-corrected chi connectivity index (χ2v) is 7.54. The van der Waals surface area contributed by atoms with Gasteiger partial charge >= 0.3 is 0 Å². The van der Waals surface area contributed by atoms with Gasteiger partial charge in [-0.2, -0.15) is 5.26 Å². The first kappa shape index (κ1) is 20.1. The van der Waals surface area contributed by atoms with Gasteiger partial charge in [-0.15, -0.1) is 0 Å². The molecule has 1 aromatic heterocycles. The second-order valence-electron chi connectivity index (χ2n) is 6.54. The molecule has 0 aliphatic carbocycles. The molecule has 0 unspecified atom stereocenters. The normalized spacial score (nSPS) is 14.8. The quantitative estimate of drug-likeness (QED) is 0.318. The Bertz CT molecular complexity index is 1270. The van der Waals surface area contributed by atoms with Crippen molar-refractivity contribution in [1.82, 2.24) is 4.90 Å². The van der Waals surface area contributed by atoms with E-state index in [4.69, 9.17) is 4.42 Å². The van der Waals surface area contributed by atoms with Gasteiger partial charge in [0, 0.05) is 23.8 Å². The summed E-state index contributed by atoms with van der Waals surface area (Å²) in [7, 11) is 0. The highest BCUT2D eigenvalue weighted by molar-refractivity contribution is 8.18. The zero-order valence-corrected chi connectivity index (χ0v) is 16.7. The first-order chi connectivity index (χ1) is 15.0. The van der Waals surface area contributed by atoms with Crippen LogP contribution in [0.1, 0.15) is 16.9 Å². The van der Waals surface area contributed by atoms with Crippen molar-refractivity contribution in [2.45, 2.75) is 6.54 Å². The minimum Gasteiger partial charge on any atom is -0.457 e. The molecule has 9 heteroatoms. The molecular formula is C22H13N3O5S. The van der Waals surface area contributed by atoms with Gasteiger partial charge in [0.1, 0.15) is 11.5 Å². The number of thioether (sulfide) groups is 1. The van der Waals surface area contributed by atoms with E-state index in [1.54, 1.807) is 48.5 Å². The summed E-state index contributed by atoms with van der Waals surface area (Å²) in [6.45, 7) is 0.0118. The van der Waals surface area contributed by atoms with Crippen molar-refractivity contribution in [2.24, 2.45) is 0 Å². The highest BCUT2D eigenvalue weighted by atomic mass is 32.2. The smallest absolute Gasteiger partial charge is 0.293 e. The summed E-state index contributed by atoms with van der Waals surface area (Å²) in [6.07, 6.45) is 1.48. The summed E-state index contributed by atoms with van der Waals surface area (Å²) in [5.74, 6) is 0.385. The maximum Gasteiger partial charge on any atom is 0.293 e. The Balaban J connectivity index is 1.53. The molecule has 3 aromatic rings. The van der Waals surface area contributed by atoms with Crippen LogP contribution in [0, 0.1) is 21.4 Å². The van der Waals surface area contributed by atoms with Gasteiger partial charge in [0.2, 0.25) is 0 Å². The van der Waals surface area contributed by atoms with Crippen molar-refractivity contribution in [1.29, 1.82) is 5.26 Å². The molecule has 1 saturated heterocycles. The van der Waals surface area contributed by atoms with E-state index in [1.807, 2.05) is 0 Å². The summed E-state index contributed by atoms with van der Waals surface area (Å²) >= 11 is 0.800. The standard InChI is InChI=1S/C22H13N3O5S/c23-12-15-3-1-2-4-16(15)13-24-21(26)20(31-22(24)27)11-18-9-10-19(30-18)14-5-7-17(8-6-14)25(28)29/h1-11H,13H2/b20-11+. The fourth-order valence-electron chi connectivity index (χ4n) is 3.04. The highest BCUT2D eigenvalue weighted by Gasteiger charge is 2.35. The number of hydrogen-bond donors (Lipinski definition) is 0. The van der Waals surface area contributed by atoms with Crippen LogP contribution in [0.25, 0.3) is 17.4 Å². The largest absolute Gasteiger partial charge is 0.457 e. The van der Waals surface area contributed by atoms with Gasteiger partial charge in [-0.25, -0.2) is 0 Å². The number of nitro benzene ring substituents is 1. The van der Waals surface area contributed by atoms with E-state index >= 15 is 0 Å². The minimum atomic E-state index is -0.484. The fourth-order valence-corrected chi connectivity index (χ4v) is 3.85. The maximum atomic E-state index is 12.7. The van der Waals surface area contributed by atoms with Crippen LogP contribution >= 0.6 is 11.8 Å². The lowest BCUT2D eigenvalue weighted by molar-refractivity contribution is -0.384. The Labute approximate surface area is 180 Å². The fraction of sp³-hybridized carbons (Fsp3) is 0.0455. The number of furan rings is 1. The third-order valence-corrected chi connectivity index (χ3v) is 5.51. The number of nitriles is 1. The van der Waals surface area contributed by atoms with E-state index in [-0.39, 0.29) is 17.1 Å². The first-order valence-corrected chi connectivity index (χ1v) is 9.86. The number of imide groups is 1. The zero-order valence-electron chi connectivity index (χ0n) is 15.8. The Morgan fingerprint density at radius 1 is 1.10 bits per heavy atom. The molecular weight excluding hydrogens is 418 g/mol. The van der Waals surface area contributed by atoms with Crippen molar-refractivity contribution in [3.8, 4) is 17.4 Å². The topological polar surface area (TPSA) is 117 Å². The molecule has 8 nitrogen and oxygen atoms in total. The highest BCUT2D eigenvalue weighted by Crippen LogP contribution is 2.34. The molecule has 0 bridgehead atoms. The van der Waals surface area contributed by atoms with Crippen LogP contribution < -0.4 is 0 Å². The van der Waals surface area contributed by atoms with E-state index in [9.17, 15) is 25.0 Å². The zero-order chi connectivity index (χ0) is 22.0. The van der Waals surface area contributed by atoms with Crippen molar-refractivity contribution in [2.75, 3.05) is 0 Å². The van der Waals surface area contributed by atoms with Gasteiger partial charge in [-0.05, 0) is 47.7 Å². The van der Waals surface area contributed by atoms with Gasteiger partial charge in [0.05, 0.1) is 28.0 Å². The van der Waals surface area contributed by atoms with Gasteiger partial charge in [-0.1, -0.05) is 18.2 Å². The van der Waals surface area contributed by atoms with Crippen LogP contribution in [0.4, 0.5) is 10.5 Å². The second kappa shape index (κ2) is 8.30. The van der Waals surface area contributed by atoms with Gasteiger partial charge in [0.25, 0.3) is 16.8 Å². The number of amides is 2. The molecule has 1 aliphatic rings. The van der Waals surface area contributed by atoms with Crippen molar-refractivity contribution >= 4 is 34.7 Å². The Kier molecular flexibility index (Phi) is 5.39. The Morgan fingerprint density at radius 2 is 1.84 bits per heavy atom. The van der Waals surface area contributed by atoms with Crippen LogP contribution in [-0.4, -0.2) is 21.0 Å². The SMILES string of the molecule is N#Cc1ccccc1CN1C(=O)S/C(=C/c2ccc(-c3ccc([N+](=O)[O-])cc3)o2)C1=O. The number of non-ortho nitro benzene ring substituents is 1. The maximum absolute atomic E-state index is 12.7. The predicted octanol–water partition coefficient (Wildman–Crippen LogP) is 4.96. The minimum absolute atomic E-state index is 0.0118.